The highest BCUT2D eigenvalue weighted by Gasteiger charge is 2.23. The molecule has 2 unspecified atom stereocenters. The molecule has 0 saturated heterocycles. The van der Waals surface area contributed by atoms with E-state index in [0.29, 0.717) is 0 Å². The molecule has 2 atom stereocenters. The molecule has 0 aromatic heterocycles. The maximum atomic E-state index is 6.10. The topological polar surface area (TPSA) is 35.2 Å². The van der Waals surface area contributed by atoms with E-state index in [1.807, 2.05) is 31.2 Å². The fourth-order valence-electron chi connectivity index (χ4n) is 2.65. The highest BCUT2D eigenvalue weighted by Crippen LogP contribution is 2.34. The van der Waals surface area contributed by atoms with Crippen molar-refractivity contribution in [2.45, 2.75) is 31.9 Å². The van der Waals surface area contributed by atoms with E-state index in [1.54, 1.807) is 0 Å². The zero-order valence-corrected chi connectivity index (χ0v) is 11.2. The van der Waals surface area contributed by atoms with Crippen LogP contribution in [-0.2, 0) is 6.42 Å². The Bertz CT molecular complexity index is 560. The van der Waals surface area contributed by atoms with Crippen molar-refractivity contribution in [2.24, 2.45) is 5.73 Å². The molecule has 2 heteroatoms. The standard InChI is InChI=1S/C17H19NO/c1-12(18)13-6-9-15(10-7-13)19-17-11-8-14-4-2-3-5-16(14)17/h2-7,9-10,12,17H,8,11,18H2,1H3. The van der Waals surface area contributed by atoms with Crippen LogP contribution in [-0.4, -0.2) is 0 Å². The summed E-state index contributed by atoms with van der Waals surface area (Å²) in [5.74, 6) is 0.922. The van der Waals surface area contributed by atoms with Crippen molar-refractivity contribution in [3.05, 3.63) is 65.2 Å². The lowest BCUT2D eigenvalue weighted by Crippen LogP contribution is -2.06. The van der Waals surface area contributed by atoms with E-state index in [0.717, 1.165) is 24.2 Å². The number of ether oxygens (including phenoxy) is 1. The molecular weight excluding hydrogens is 234 g/mol. The lowest BCUT2D eigenvalue weighted by Gasteiger charge is -2.15. The number of rotatable bonds is 3. The van der Waals surface area contributed by atoms with Crippen molar-refractivity contribution in [3.63, 3.8) is 0 Å². The van der Waals surface area contributed by atoms with Crippen LogP contribution in [0, 0.1) is 0 Å². The van der Waals surface area contributed by atoms with Crippen molar-refractivity contribution in [3.8, 4) is 5.75 Å². The molecule has 0 saturated carbocycles. The molecule has 3 rings (SSSR count). The molecule has 0 amide bonds. The van der Waals surface area contributed by atoms with E-state index in [9.17, 15) is 0 Å². The highest BCUT2D eigenvalue weighted by molar-refractivity contribution is 5.35. The first kappa shape index (κ1) is 12.2. The molecule has 0 spiro atoms. The molecule has 0 aliphatic heterocycles. The molecular formula is C17H19NO. The van der Waals surface area contributed by atoms with Crippen molar-refractivity contribution >= 4 is 0 Å². The summed E-state index contributed by atoms with van der Waals surface area (Å²) in [7, 11) is 0. The van der Waals surface area contributed by atoms with Gasteiger partial charge in [-0.05, 0) is 48.6 Å². The third-order valence-electron chi connectivity index (χ3n) is 3.76. The van der Waals surface area contributed by atoms with Crippen LogP contribution < -0.4 is 10.5 Å². The van der Waals surface area contributed by atoms with E-state index >= 15 is 0 Å². The Morgan fingerprint density at radius 2 is 1.84 bits per heavy atom. The van der Waals surface area contributed by atoms with Crippen LogP contribution in [0.15, 0.2) is 48.5 Å². The Labute approximate surface area is 114 Å². The first-order valence-corrected chi connectivity index (χ1v) is 6.84. The Kier molecular flexibility index (Phi) is 3.26. The monoisotopic (exact) mass is 253 g/mol. The summed E-state index contributed by atoms with van der Waals surface area (Å²) in [6, 6.07) is 16.7. The molecule has 2 aromatic carbocycles. The minimum atomic E-state index is 0.0706. The Morgan fingerprint density at radius 1 is 1.11 bits per heavy atom. The molecule has 1 aliphatic rings. The third-order valence-corrected chi connectivity index (χ3v) is 3.76. The van der Waals surface area contributed by atoms with Gasteiger partial charge < -0.3 is 10.5 Å². The van der Waals surface area contributed by atoms with Gasteiger partial charge in [-0.2, -0.15) is 0 Å². The molecule has 0 heterocycles. The maximum Gasteiger partial charge on any atom is 0.124 e. The third kappa shape index (κ3) is 2.49. The fraction of sp³-hybridized carbons (Fsp3) is 0.294. The number of fused-ring (bicyclic) bond motifs is 1. The van der Waals surface area contributed by atoms with Crippen LogP contribution in [0.5, 0.6) is 5.75 Å². The fourth-order valence-corrected chi connectivity index (χ4v) is 2.65. The largest absolute Gasteiger partial charge is 0.486 e. The lowest BCUT2D eigenvalue weighted by molar-refractivity contribution is 0.207. The molecule has 2 aromatic rings. The average Bonchev–Trinajstić information content (AvgIpc) is 2.83. The van der Waals surface area contributed by atoms with Gasteiger partial charge in [-0.3, -0.25) is 0 Å². The van der Waals surface area contributed by atoms with E-state index < -0.39 is 0 Å². The predicted molar refractivity (Wildman–Crippen MR) is 77.2 cm³/mol. The van der Waals surface area contributed by atoms with Gasteiger partial charge in [0.05, 0.1) is 0 Å². The Balaban J connectivity index is 1.76. The van der Waals surface area contributed by atoms with Crippen molar-refractivity contribution in [1.29, 1.82) is 0 Å². The van der Waals surface area contributed by atoms with Gasteiger partial charge in [0.15, 0.2) is 0 Å². The highest BCUT2D eigenvalue weighted by atomic mass is 16.5. The summed E-state index contributed by atoms with van der Waals surface area (Å²) in [6.07, 6.45) is 2.37. The summed E-state index contributed by atoms with van der Waals surface area (Å²) in [4.78, 5) is 0. The molecule has 2 N–H and O–H groups in total. The molecule has 1 aliphatic carbocycles. The SMILES string of the molecule is CC(N)c1ccc(OC2CCc3ccccc32)cc1. The predicted octanol–water partition coefficient (Wildman–Crippen LogP) is 3.77. The summed E-state index contributed by atoms with van der Waals surface area (Å²) in [5.41, 5.74) is 9.74. The first-order valence-electron chi connectivity index (χ1n) is 6.84. The second-order valence-electron chi connectivity index (χ2n) is 5.20. The quantitative estimate of drug-likeness (QED) is 0.903. The van der Waals surface area contributed by atoms with Crippen LogP contribution in [0.4, 0.5) is 0 Å². The first-order chi connectivity index (χ1) is 9.24. The summed E-state index contributed by atoms with van der Waals surface area (Å²) in [6.45, 7) is 1.99. The van der Waals surface area contributed by atoms with E-state index in [2.05, 4.69) is 24.3 Å². The Hall–Kier alpha value is -1.80. The molecule has 2 nitrogen and oxygen atoms in total. The lowest BCUT2D eigenvalue weighted by atomic mass is 10.1. The van der Waals surface area contributed by atoms with Gasteiger partial charge in [0.2, 0.25) is 0 Å². The van der Waals surface area contributed by atoms with Crippen LogP contribution >= 0.6 is 0 Å². The minimum Gasteiger partial charge on any atom is -0.486 e. The van der Waals surface area contributed by atoms with Crippen molar-refractivity contribution < 1.29 is 4.74 Å². The zero-order chi connectivity index (χ0) is 13.2. The van der Waals surface area contributed by atoms with Gasteiger partial charge in [0, 0.05) is 6.04 Å². The van der Waals surface area contributed by atoms with Gasteiger partial charge >= 0.3 is 0 Å². The van der Waals surface area contributed by atoms with Crippen molar-refractivity contribution in [1.82, 2.24) is 0 Å². The summed E-state index contributed by atoms with van der Waals surface area (Å²) < 4.78 is 6.10. The minimum absolute atomic E-state index is 0.0706. The van der Waals surface area contributed by atoms with Crippen LogP contribution in [0.1, 0.15) is 42.2 Å². The molecule has 0 radical (unpaired) electrons. The van der Waals surface area contributed by atoms with Gasteiger partial charge in [0.25, 0.3) is 0 Å². The second kappa shape index (κ2) is 5.06. The van der Waals surface area contributed by atoms with Gasteiger partial charge in [-0.15, -0.1) is 0 Å². The van der Waals surface area contributed by atoms with Crippen molar-refractivity contribution in [2.75, 3.05) is 0 Å². The number of nitrogens with two attached hydrogens (primary N) is 1. The second-order valence-corrected chi connectivity index (χ2v) is 5.20. The summed E-state index contributed by atoms with van der Waals surface area (Å²) in [5, 5.41) is 0. The van der Waals surface area contributed by atoms with E-state index in [1.165, 1.54) is 11.1 Å². The molecule has 0 bridgehead atoms. The smallest absolute Gasteiger partial charge is 0.124 e. The van der Waals surface area contributed by atoms with Crippen LogP contribution in [0.25, 0.3) is 0 Å². The molecule has 0 fully saturated rings. The van der Waals surface area contributed by atoms with Crippen LogP contribution in [0.2, 0.25) is 0 Å². The number of benzene rings is 2. The normalized spacial score (nSPS) is 18.9. The van der Waals surface area contributed by atoms with Gasteiger partial charge in [-0.25, -0.2) is 0 Å². The van der Waals surface area contributed by atoms with Crippen LogP contribution in [0.3, 0.4) is 0 Å². The number of hydrogen-bond donors (Lipinski definition) is 1. The van der Waals surface area contributed by atoms with Gasteiger partial charge in [-0.1, -0.05) is 36.4 Å². The summed E-state index contributed by atoms with van der Waals surface area (Å²) >= 11 is 0. The molecule has 19 heavy (non-hydrogen) atoms. The maximum absolute atomic E-state index is 6.10. The molecule has 98 valence electrons. The van der Waals surface area contributed by atoms with E-state index in [-0.39, 0.29) is 12.1 Å². The average molecular weight is 253 g/mol. The van der Waals surface area contributed by atoms with E-state index in [4.69, 9.17) is 10.5 Å². The number of aryl methyl sites for hydroxylation is 1. The van der Waals surface area contributed by atoms with Gasteiger partial charge in [0.1, 0.15) is 11.9 Å². The Morgan fingerprint density at radius 3 is 2.58 bits per heavy atom. The number of hydrogen-bond acceptors (Lipinski definition) is 2. The zero-order valence-electron chi connectivity index (χ0n) is 11.2.